The standard InChI is InChI=1S/C20H16F2N2O/c1-13(14-2-5-17(21)6-3-14)24-20(25)16-4-7-18(19(22)12-16)15-8-10-23-11-9-15/h2-13H,1H3,(H,24,25)/t13-/m1/s1. The van der Waals surface area contributed by atoms with Crippen LogP contribution in [0.2, 0.25) is 0 Å². The van der Waals surface area contributed by atoms with Gasteiger partial charge in [-0.25, -0.2) is 8.78 Å². The quantitative estimate of drug-likeness (QED) is 0.760. The lowest BCUT2D eigenvalue weighted by molar-refractivity contribution is 0.0939. The average molecular weight is 338 g/mol. The molecule has 0 bridgehead atoms. The van der Waals surface area contributed by atoms with E-state index in [1.54, 1.807) is 55.7 Å². The van der Waals surface area contributed by atoms with Gasteiger partial charge in [0.1, 0.15) is 11.6 Å². The number of hydrogen-bond acceptors (Lipinski definition) is 2. The maximum absolute atomic E-state index is 14.4. The van der Waals surface area contributed by atoms with E-state index in [1.165, 1.54) is 18.2 Å². The van der Waals surface area contributed by atoms with E-state index in [0.717, 1.165) is 5.56 Å². The summed E-state index contributed by atoms with van der Waals surface area (Å²) < 4.78 is 27.3. The summed E-state index contributed by atoms with van der Waals surface area (Å²) in [6.07, 6.45) is 3.17. The topological polar surface area (TPSA) is 42.0 Å². The summed E-state index contributed by atoms with van der Waals surface area (Å²) in [6.45, 7) is 1.78. The fourth-order valence-electron chi connectivity index (χ4n) is 2.54. The zero-order valence-corrected chi connectivity index (χ0v) is 13.5. The van der Waals surface area contributed by atoms with E-state index in [4.69, 9.17) is 0 Å². The highest BCUT2D eigenvalue weighted by Gasteiger charge is 2.14. The van der Waals surface area contributed by atoms with Gasteiger partial charge in [0.15, 0.2) is 0 Å². The molecule has 1 heterocycles. The second-order valence-corrected chi connectivity index (χ2v) is 5.68. The van der Waals surface area contributed by atoms with Crippen molar-refractivity contribution in [1.82, 2.24) is 10.3 Å². The fraction of sp³-hybridized carbons (Fsp3) is 0.100. The van der Waals surface area contributed by atoms with Crippen molar-refractivity contribution in [3.05, 3.63) is 89.8 Å². The first kappa shape index (κ1) is 16.8. The van der Waals surface area contributed by atoms with Crippen molar-refractivity contribution in [2.45, 2.75) is 13.0 Å². The van der Waals surface area contributed by atoms with Crippen LogP contribution in [0.1, 0.15) is 28.9 Å². The van der Waals surface area contributed by atoms with Crippen molar-refractivity contribution in [3.8, 4) is 11.1 Å². The number of halogens is 2. The van der Waals surface area contributed by atoms with E-state index in [0.29, 0.717) is 11.1 Å². The van der Waals surface area contributed by atoms with Gasteiger partial charge in [0.25, 0.3) is 5.91 Å². The Labute approximate surface area is 144 Å². The molecule has 1 amide bonds. The molecule has 0 unspecified atom stereocenters. The predicted molar refractivity (Wildman–Crippen MR) is 91.9 cm³/mol. The SMILES string of the molecule is C[C@@H](NC(=O)c1ccc(-c2ccncc2)c(F)c1)c1ccc(F)cc1. The van der Waals surface area contributed by atoms with Crippen molar-refractivity contribution in [2.24, 2.45) is 0 Å². The highest BCUT2D eigenvalue weighted by Crippen LogP contribution is 2.23. The third-order valence-corrected chi connectivity index (χ3v) is 3.94. The van der Waals surface area contributed by atoms with Crippen LogP contribution in [0.5, 0.6) is 0 Å². The molecule has 1 aromatic heterocycles. The molecule has 0 fully saturated rings. The van der Waals surface area contributed by atoms with E-state index in [9.17, 15) is 13.6 Å². The number of carbonyl (C=O) groups is 1. The first-order valence-corrected chi connectivity index (χ1v) is 7.81. The van der Waals surface area contributed by atoms with Crippen LogP contribution in [0.15, 0.2) is 67.0 Å². The molecule has 1 atom stereocenters. The normalized spacial score (nSPS) is 11.8. The minimum absolute atomic E-state index is 0.226. The van der Waals surface area contributed by atoms with Gasteiger partial charge < -0.3 is 5.32 Å². The van der Waals surface area contributed by atoms with Crippen molar-refractivity contribution in [2.75, 3.05) is 0 Å². The van der Waals surface area contributed by atoms with Gasteiger partial charge in [0, 0.05) is 23.5 Å². The smallest absolute Gasteiger partial charge is 0.251 e. The second kappa shape index (κ2) is 7.21. The Morgan fingerprint density at radius 1 is 1.00 bits per heavy atom. The number of aromatic nitrogens is 1. The Balaban J connectivity index is 1.76. The zero-order valence-electron chi connectivity index (χ0n) is 13.5. The van der Waals surface area contributed by atoms with Crippen molar-refractivity contribution in [3.63, 3.8) is 0 Å². The van der Waals surface area contributed by atoms with Gasteiger partial charge in [-0.05, 0) is 54.4 Å². The summed E-state index contributed by atoms with van der Waals surface area (Å²) in [5, 5.41) is 2.78. The van der Waals surface area contributed by atoms with Crippen LogP contribution >= 0.6 is 0 Å². The second-order valence-electron chi connectivity index (χ2n) is 5.68. The van der Waals surface area contributed by atoms with E-state index in [2.05, 4.69) is 10.3 Å². The van der Waals surface area contributed by atoms with Gasteiger partial charge in [-0.15, -0.1) is 0 Å². The number of rotatable bonds is 4. The van der Waals surface area contributed by atoms with Crippen molar-refractivity contribution in [1.29, 1.82) is 0 Å². The molecule has 1 N–H and O–H groups in total. The maximum Gasteiger partial charge on any atom is 0.251 e. The number of carbonyl (C=O) groups excluding carboxylic acids is 1. The molecule has 3 nitrogen and oxygen atoms in total. The molecule has 0 radical (unpaired) electrons. The van der Waals surface area contributed by atoms with Gasteiger partial charge in [-0.3, -0.25) is 9.78 Å². The van der Waals surface area contributed by atoms with Gasteiger partial charge in [0.05, 0.1) is 6.04 Å². The largest absolute Gasteiger partial charge is 0.346 e. The third-order valence-electron chi connectivity index (χ3n) is 3.94. The lowest BCUT2D eigenvalue weighted by Crippen LogP contribution is -2.26. The first-order valence-electron chi connectivity index (χ1n) is 7.81. The molecule has 126 valence electrons. The Morgan fingerprint density at radius 2 is 1.68 bits per heavy atom. The van der Waals surface area contributed by atoms with Crippen LogP contribution in [-0.2, 0) is 0 Å². The van der Waals surface area contributed by atoms with E-state index < -0.39 is 11.7 Å². The lowest BCUT2D eigenvalue weighted by Gasteiger charge is -2.15. The summed E-state index contributed by atoms with van der Waals surface area (Å²) in [4.78, 5) is 16.2. The van der Waals surface area contributed by atoms with Gasteiger partial charge >= 0.3 is 0 Å². The zero-order chi connectivity index (χ0) is 17.8. The summed E-state index contributed by atoms with van der Waals surface area (Å²) in [7, 11) is 0. The molecule has 3 rings (SSSR count). The van der Waals surface area contributed by atoms with Gasteiger partial charge in [-0.2, -0.15) is 0 Å². The Morgan fingerprint density at radius 3 is 2.32 bits per heavy atom. The molecule has 0 aliphatic heterocycles. The van der Waals surface area contributed by atoms with E-state index in [-0.39, 0.29) is 17.4 Å². The number of benzene rings is 2. The number of amides is 1. The predicted octanol–water partition coefficient (Wildman–Crippen LogP) is 4.52. The van der Waals surface area contributed by atoms with Crippen molar-refractivity contribution >= 4 is 5.91 Å². The monoisotopic (exact) mass is 338 g/mol. The van der Waals surface area contributed by atoms with Gasteiger partial charge in [-0.1, -0.05) is 18.2 Å². The highest BCUT2D eigenvalue weighted by molar-refractivity contribution is 5.95. The minimum atomic E-state index is -0.478. The van der Waals surface area contributed by atoms with E-state index in [1.807, 2.05) is 0 Å². The van der Waals surface area contributed by atoms with Crippen LogP contribution in [0.4, 0.5) is 8.78 Å². The highest BCUT2D eigenvalue weighted by atomic mass is 19.1. The van der Waals surface area contributed by atoms with E-state index >= 15 is 0 Å². The number of pyridine rings is 1. The molecule has 0 spiro atoms. The van der Waals surface area contributed by atoms with Crippen LogP contribution in [-0.4, -0.2) is 10.9 Å². The number of nitrogens with one attached hydrogen (secondary N) is 1. The molecule has 2 aromatic carbocycles. The molecule has 0 saturated carbocycles. The van der Waals surface area contributed by atoms with Crippen LogP contribution in [0, 0.1) is 11.6 Å². The summed E-state index contributed by atoms with van der Waals surface area (Å²) >= 11 is 0. The number of hydrogen-bond donors (Lipinski definition) is 1. The van der Waals surface area contributed by atoms with Crippen LogP contribution in [0.25, 0.3) is 11.1 Å². The number of nitrogens with zero attached hydrogens (tertiary/aromatic N) is 1. The summed E-state index contributed by atoms with van der Waals surface area (Å²) in [5.74, 6) is -1.21. The molecule has 0 aliphatic carbocycles. The van der Waals surface area contributed by atoms with Crippen LogP contribution in [0.3, 0.4) is 0 Å². The molecular weight excluding hydrogens is 322 g/mol. The molecular formula is C20H16F2N2O. The molecule has 5 heteroatoms. The molecule has 0 aliphatic rings. The third kappa shape index (κ3) is 3.88. The molecule has 25 heavy (non-hydrogen) atoms. The fourth-order valence-corrected chi connectivity index (χ4v) is 2.54. The van der Waals surface area contributed by atoms with Crippen LogP contribution < -0.4 is 5.32 Å². The summed E-state index contributed by atoms with van der Waals surface area (Å²) in [5.41, 5.74) is 2.09. The Kier molecular flexibility index (Phi) is 4.84. The molecule has 3 aromatic rings. The van der Waals surface area contributed by atoms with Gasteiger partial charge in [0.2, 0.25) is 0 Å². The minimum Gasteiger partial charge on any atom is -0.346 e. The Hall–Kier alpha value is -3.08. The van der Waals surface area contributed by atoms with Crippen molar-refractivity contribution < 1.29 is 13.6 Å². The Bertz CT molecular complexity index is 880. The maximum atomic E-state index is 14.4. The lowest BCUT2D eigenvalue weighted by atomic mass is 10.0. The summed E-state index contributed by atoms with van der Waals surface area (Å²) in [6, 6.07) is 13.3. The molecule has 0 saturated heterocycles. The first-order chi connectivity index (χ1) is 12.0. The average Bonchev–Trinajstić information content (AvgIpc) is 2.62.